The summed E-state index contributed by atoms with van der Waals surface area (Å²) in [6, 6.07) is 0. The molecule has 1 rings (SSSR count). The molecule has 0 amide bonds. The second-order valence-electron chi connectivity index (χ2n) is 7.50. The lowest BCUT2D eigenvalue weighted by Crippen LogP contribution is -2.32. The molecule has 4 nitrogen and oxygen atoms in total. The van der Waals surface area contributed by atoms with E-state index in [1.165, 1.54) is 32.1 Å². The molecule has 2 atom stereocenters. The van der Waals surface area contributed by atoms with E-state index in [0.29, 0.717) is 5.84 Å². The van der Waals surface area contributed by atoms with E-state index < -0.39 is 0 Å². The van der Waals surface area contributed by atoms with Crippen LogP contribution in [0.25, 0.3) is 0 Å². The third-order valence-corrected chi connectivity index (χ3v) is 4.98. The first kappa shape index (κ1) is 18.3. The van der Waals surface area contributed by atoms with Gasteiger partial charge in [-0.3, -0.25) is 0 Å². The Morgan fingerprint density at radius 2 is 2.05 bits per heavy atom. The van der Waals surface area contributed by atoms with Crippen LogP contribution in [0.3, 0.4) is 0 Å². The van der Waals surface area contributed by atoms with E-state index in [9.17, 15) is 0 Å². The Morgan fingerprint density at radius 1 is 1.29 bits per heavy atom. The molecule has 0 radical (unpaired) electrons. The van der Waals surface area contributed by atoms with E-state index >= 15 is 0 Å². The van der Waals surface area contributed by atoms with E-state index in [0.717, 1.165) is 44.2 Å². The van der Waals surface area contributed by atoms with Crippen LogP contribution < -0.4 is 11.1 Å². The lowest BCUT2D eigenvalue weighted by atomic mass is 9.81. The normalized spacial score (nSPS) is 24.2. The number of amidine groups is 1. The predicted molar refractivity (Wildman–Crippen MR) is 89.6 cm³/mol. The van der Waals surface area contributed by atoms with Crippen molar-refractivity contribution in [2.24, 2.45) is 28.1 Å². The lowest BCUT2D eigenvalue weighted by Gasteiger charge is -2.26. The van der Waals surface area contributed by atoms with Gasteiger partial charge in [-0.05, 0) is 50.6 Å². The van der Waals surface area contributed by atoms with Gasteiger partial charge in [-0.25, -0.2) is 0 Å². The fraction of sp³-hybridized carbons (Fsp3) is 0.941. The van der Waals surface area contributed by atoms with Crippen molar-refractivity contribution in [2.75, 3.05) is 13.1 Å². The van der Waals surface area contributed by atoms with Gasteiger partial charge in [-0.2, -0.15) is 0 Å². The maximum absolute atomic E-state index is 8.74. The summed E-state index contributed by atoms with van der Waals surface area (Å²) in [6.45, 7) is 8.68. The van der Waals surface area contributed by atoms with Gasteiger partial charge in [-0.15, -0.1) is 0 Å². The standard InChI is InChI=1S/C17H35N3O/c1-14-7-6-8-15(13-14)9-12-19-11-5-4-10-17(2,3)16(18)20-21/h14-15,19,21H,4-13H2,1-3H3,(H2,18,20). The van der Waals surface area contributed by atoms with Crippen molar-refractivity contribution < 1.29 is 5.21 Å². The minimum absolute atomic E-state index is 0.201. The van der Waals surface area contributed by atoms with Gasteiger partial charge in [0.1, 0.15) is 5.84 Å². The van der Waals surface area contributed by atoms with Gasteiger partial charge in [0.2, 0.25) is 0 Å². The largest absolute Gasteiger partial charge is 0.409 e. The molecule has 0 aliphatic heterocycles. The monoisotopic (exact) mass is 297 g/mol. The zero-order valence-electron chi connectivity index (χ0n) is 14.2. The molecule has 1 aliphatic rings. The first-order valence-electron chi connectivity index (χ1n) is 8.64. The van der Waals surface area contributed by atoms with Crippen molar-refractivity contribution in [3.63, 3.8) is 0 Å². The van der Waals surface area contributed by atoms with Crippen LogP contribution in [0.5, 0.6) is 0 Å². The Labute approximate surface area is 130 Å². The minimum atomic E-state index is -0.201. The van der Waals surface area contributed by atoms with Crippen molar-refractivity contribution in [1.82, 2.24) is 5.32 Å². The van der Waals surface area contributed by atoms with E-state index in [-0.39, 0.29) is 5.41 Å². The van der Waals surface area contributed by atoms with Crippen molar-refractivity contribution in [1.29, 1.82) is 0 Å². The van der Waals surface area contributed by atoms with E-state index in [1.807, 2.05) is 13.8 Å². The van der Waals surface area contributed by atoms with Crippen LogP contribution >= 0.6 is 0 Å². The number of unbranched alkanes of at least 4 members (excludes halogenated alkanes) is 1. The van der Waals surface area contributed by atoms with Gasteiger partial charge >= 0.3 is 0 Å². The maximum atomic E-state index is 8.74. The molecule has 1 fully saturated rings. The number of oxime groups is 1. The second kappa shape index (κ2) is 9.29. The maximum Gasteiger partial charge on any atom is 0.144 e. The van der Waals surface area contributed by atoms with Crippen LogP contribution in [-0.2, 0) is 0 Å². The molecule has 2 unspecified atom stereocenters. The molecule has 0 aromatic carbocycles. The number of nitrogens with two attached hydrogens (primary N) is 1. The average Bonchev–Trinajstić information content (AvgIpc) is 2.45. The number of hydrogen-bond acceptors (Lipinski definition) is 3. The highest BCUT2D eigenvalue weighted by Crippen LogP contribution is 2.30. The van der Waals surface area contributed by atoms with Crippen molar-refractivity contribution in [3.05, 3.63) is 0 Å². The summed E-state index contributed by atoms with van der Waals surface area (Å²) < 4.78 is 0. The van der Waals surface area contributed by atoms with Gasteiger partial charge in [0.15, 0.2) is 0 Å². The Balaban J connectivity index is 2.00. The molecule has 4 N–H and O–H groups in total. The average molecular weight is 297 g/mol. The van der Waals surface area contributed by atoms with Crippen molar-refractivity contribution >= 4 is 5.84 Å². The summed E-state index contributed by atoms with van der Waals surface area (Å²) in [5, 5.41) is 15.4. The Kier molecular flexibility index (Phi) is 8.09. The van der Waals surface area contributed by atoms with Crippen LogP contribution in [0.1, 0.15) is 72.1 Å². The van der Waals surface area contributed by atoms with Crippen molar-refractivity contribution in [3.8, 4) is 0 Å². The lowest BCUT2D eigenvalue weighted by molar-refractivity contribution is 0.267. The highest BCUT2D eigenvalue weighted by Gasteiger charge is 2.22. The number of nitrogens with zero attached hydrogens (tertiary/aromatic N) is 1. The summed E-state index contributed by atoms with van der Waals surface area (Å²) in [5.74, 6) is 2.22. The molecule has 0 aromatic heterocycles. The van der Waals surface area contributed by atoms with Gasteiger partial charge in [0, 0.05) is 5.41 Å². The highest BCUT2D eigenvalue weighted by molar-refractivity contribution is 5.85. The Bertz CT molecular complexity index is 315. The molecule has 4 heteroatoms. The zero-order valence-corrected chi connectivity index (χ0v) is 14.2. The van der Waals surface area contributed by atoms with Crippen LogP contribution in [0.2, 0.25) is 0 Å². The smallest absolute Gasteiger partial charge is 0.144 e. The molecule has 0 aromatic rings. The summed E-state index contributed by atoms with van der Waals surface area (Å²) in [7, 11) is 0. The van der Waals surface area contributed by atoms with E-state index in [2.05, 4.69) is 17.4 Å². The van der Waals surface area contributed by atoms with Gasteiger partial charge in [0.05, 0.1) is 0 Å². The van der Waals surface area contributed by atoms with Gasteiger partial charge in [0.25, 0.3) is 0 Å². The highest BCUT2D eigenvalue weighted by atomic mass is 16.4. The molecule has 0 bridgehead atoms. The fourth-order valence-corrected chi connectivity index (χ4v) is 3.33. The molecule has 21 heavy (non-hydrogen) atoms. The summed E-state index contributed by atoms with van der Waals surface area (Å²) in [5.41, 5.74) is 5.49. The van der Waals surface area contributed by atoms with Crippen LogP contribution in [0.4, 0.5) is 0 Å². The summed E-state index contributed by atoms with van der Waals surface area (Å²) in [4.78, 5) is 0. The number of rotatable bonds is 9. The molecule has 1 saturated carbocycles. The molecule has 1 aliphatic carbocycles. The zero-order chi connectivity index (χ0) is 15.7. The minimum Gasteiger partial charge on any atom is -0.409 e. The first-order valence-corrected chi connectivity index (χ1v) is 8.64. The summed E-state index contributed by atoms with van der Waals surface area (Å²) in [6.07, 6.45) is 10.3. The van der Waals surface area contributed by atoms with Crippen molar-refractivity contribution in [2.45, 2.75) is 72.1 Å². The molecular formula is C17H35N3O. The predicted octanol–water partition coefficient (Wildman–Crippen LogP) is 3.74. The molecular weight excluding hydrogens is 262 g/mol. The SMILES string of the molecule is CC1CCCC(CCNCCCCC(C)(C)C(N)=NO)C1. The third kappa shape index (κ3) is 7.16. The van der Waals surface area contributed by atoms with Crippen LogP contribution in [0.15, 0.2) is 5.16 Å². The third-order valence-electron chi connectivity index (χ3n) is 4.98. The molecule has 0 heterocycles. The van der Waals surface area contributed by atoms with E-state index in [4.69, 9.17) is 10.9 Å². The first-order chi connectivity index (χ1) is 9.95. The Morgan fingerprint density at radius 3 is 2.71 bits per heavy atom. The van der Waals surface area contributed by atoms with Crippen LogP contribution in [0, 0.1) is 17.3 Å². The second-order valence-corrected chi connectivity index (χ2v) is 7.50. The van der Waals surface area contributed by atoms with E-state index in [1.54, 1.807) is 0 Å². The Hall–Kier alpha value is -0.770. The number of nitrogens with one attached hydrogen (secondary N) is 1. The quantitative estimate of drug-likeness (QED) is 0.200. The molecule has 0 saturated heterocycles. The van der Waals surface area contributed by atoms with Gasteiger partial charge in [-0.1, -0.05) is 51.6 Å². The topological polar surface area (TPSA) is 70.6 Å². The summed E-state index contributed by atoms with van der Waals surface area (Å²) >= 11 is 0. The fourth-order valence-electron chi connectivity index (χ4n) is 3.33. The molecule has 0 spiro atoms. The van der Waals surface area contributed by atoms with Gasteiger partial charge < -0.3 is 16.3 Å². The van der Waals surface area contributed by atoms with Crippen LogP contribution in [-0.4, -0.2) is 24.1 Å². The number of hydrogen-bond donors (Lipinski definition) is 3. The molecule has 124 valence electrons.